The number of aromatic nitrogens is 4. The Labute approximate surface area is 334 Å². The average Bonchev–Trinajstić information content (AvgIpc) is 3.82. The van der Waals surface area contributed by atoms with Crippen molar-refractivity contribution in [2.24, 2.45) is 0 Å². The van der Waals surface area contributed by atoms with Gasteiger partial charge in [-0.1, -0.05) is 163 Å². The van der Waals surface area contributed by atoms with Gasteiger partial charge in [-0.25, -0.2) is 15.0 Å². The molecule has 3 heterocycles. The van der Waals surface area contributed by atoms with Crippen LogP contribution in [0, 0.1) is 6.92 Å². The number of para-hydroxylation sites is 1. The Bertz CT molecular complexity index is 3230. The molecule has 268 valence electrons. The normalized spacial score (nSPS) is 11.6. The first-order chi connectivity index (χ1) is 28.2. The third kappa shape index (κ3) is 5.71. The van der Waals surface area contributed by atoms with Crippen molar-refractivity contribution in [3.8, 4) is 62.1 Å². The van der Waals surface area contributed by atoms with Gasteiger partial charge in [0.15, 0.2) is 17.5 Å². The molecule has 0 radical (unpaired) electrons. The van der Waals surface area contributed by atoms with E-state index in [4.69, 9.17) is 15.0 Å². The standard InChI is InChI=1S/C52H34N4S/c1-33-23-25-34(26-24-33)37-27-29-41-40-17-8-10-21-45(40)56(47(41)32-37)46-30-28-38(39-19-12-20-43-42-18-9-11-22-48(42)57-49(39)43)31-44(46)52-54-50(35-13-4-2-5-14-35)53-51(55-52)36-15-6-3-7-16-36/h2-32H,1H3. The van der Waals surface area contributed by atoms with Crippen molar-refractivity contribution in [1.82, 2.24) is 19.5 Å². The van der Waals surface area contributed by atoms with Crippen molar-refractivity contribution in [2.75, 3.05) is 0 Å². The third-order valence-electron chi connectivity index (χ3n) is 11.0. The zero-order valence-corrected chi connectivity index (χ0v) is 31.9. The van der Waals surface area contributed by atoms with Gasteiger partial charge in [-0.3, -0.25) is 0 Å². The maximum absolute atomic E-state index is 5.30. The number of rotatable bonds is 6. The summed E-state index contributed by atoms with van der Waals surface area (Å²) in [5, 5.41) is 4.93. The van der Waals surface area contributed by atoms with Crippen LogP contribution in [0.15, 0.2) is 188 Å². The van der Waals surface area contributed by atoms with Crippen molar-refractivity contribution in [2.45, 2.75) is 6.92 Å². The Morgan fingerprint density at radius 3 is 1.74 bits per heavy atom. The fourth-order valence-corrected chi connectivity index (χ4v) is 9.38. The highest BCUT2D eigenvalue weighted by molar-refractivity contribution is 7.26. The topological polar surface area (TPSA) is 43.6 Å². The van der Waals surface area contributed by atoms with Crippen LogP contribution in [0.2, 0.25) is 0 Å². The average molecular weight is 747 g/mol. The molecule has 0 saturated heterocycles. The highest BCUT2D eigenvalue weighted by Gasteiger charge is 2.21. The second-order valence-electron chi connectivity index (χ2n) is 14.5. The van der Waals surface area contributed by atoms with E-state index >= 15 is 0 Å². The van der Waals surface area contributed by atoms with E-state index in [-0.39, 0.29) is 0 Å². The van der Waals surface area contributed by atoms with Crippen molar-refractivity contribution < 1.29 is 0 Å². The Hall–Kier alpha value is -7.21. The molecule has 57 heavy (non-hydrogen) atoms. The summed E-state index contributed by atoms with van der Waals surface area (Å²) < 4.78 is 4.95. The molecular formula is C52H34N4S. The maximum atomic E-state index is 5.30. The van der Waals surface area contributed by atoms with E-state index in [1.165, 1.54) is 53.2 Å². The number of thiophene rings is 1. The molecule has 5 heteroatoms. The number of benzene rings is 8. The van der Waals surface area contributed by atoms with Gasteiger partial charge in [0.05, 0.1) is 16.7 Å². The van der Waals surface area contributed by atoms with Gasteiger partial charge >= 0.3 is 0 Å². The van der Waals surface area contributed by atoms with Crippen LogP contribution in [0.1, 0.15) is 5.56 Å². The first-order valence-electron chi connectivity index (χ1n) is 19.2. The molecule has 11 rings (SSSR count). The molecule has 0 aliphatic carbocycles. The van der Waals surface area contributed by atoms with Gasteiger partial charge in [-0.05, 0) is 59.5 Å². The molecule has 3 aromatic heterocycles. The van der Waals surface area contributed by atoms with Crippen LogP contribution in [0.5, 0.6) is 0 Å². The molecule has 0 amide bonds. The molecule has 0 saturated carbocycles. The van der Waals surface area contributed by atoms with Crippen LogP contribution in [-0.2, 0) is 0 Å². The van der Waals surface area contributed by atoms with Gasteiger partial charge in [0.2, 0.25) is 0 Å². The fourth-order valence-electron chi connectivity index (χ4n) is 8.14. The molecule has 8 aromatic carbocycles. The van der Waals surface area contributed by atoms with Crippen LogP contribution in [0.3, 0.4) is 0 Å². The van der Waals surface area contributed by atoms with E-state index in [1.54, 1.807) is 0 Å². The van der Waals surface area contributed by atoms with Crippen molar-refractivity contribution in [3.05, 3.63) is 194 Å². The van der Waals surface area contributed by atoms with E-state index in [9.17, 15) is 0 Å². The molecular weight excluding hydrogens is 713 g/mol. The number of hydrogen-bond acceptors (Lipinski definition) is 4. The van der Waals surface area contributed by atoms with E-state index < -0.39 is 0 Å². The number of nitrogens with zero attached hydrogens (tertiary/aromatic N) is 4. The van der Waals surface area contributed by atoms with E-state index in [1.807, 2.05) is 47.7 Å². The predicted molar refractivity (Wildman–Crippen MR) is 239 cm³/mol. The second-order valence-corrected chi connectivity index (χ2v) is 15.6. The summed E-state index contributed by atoms with van der Waals surface area (Å²) in [7, 11) is 0. The number of fused-ring (bicyclic) bond motifs is 6. The number of aryl methyl sites for hydroxylation is 1. The highest BCUT2D eigenvalue weighted by atomic mass is 32.1. The summed E-state index contributed by atoms with van der Waals surface area (Å²) in [6.45, 7) is 2.13. The SMILES string of the molecule is Cc1ccc(-c2ccc3c4ccccc4n(-c4ccc(-c5cccc6c5sc5ccccc56)cc4-c4nc(-c5ccccc5)nc(-c5ccccc5)n4)c3c2)cc1. The van der Waals surface area contributed by atoms with E-state index in [0.29, 0.717) is 17.5 Å². The van der Waals surface area contributed by atoms with Gasteiger partial charge in [-0.15, -0.1) is 11.3 Å². The Kier molecular flexibility index (Phi) is 7.86. The molecule has 0 aliphatic rings. The van der Waals surface area contributed by atoms with E-state index in [2.05, 4.69) is 163 Å². The smallest absolute Gasteiger partial charge is 0.166 e. The van der Waals surface area contributed by atoms with Gasteiger partial charge in [0.1, 0.15) is 0 Å². The molecule has 0 spiro atoms. The fraction of sp³-hybridized carbons (Fsp3) is 0.0192. The van der Waals surface area contributed by atoms with Crippen molar-refractivity contribution in [3.63, 3.8) is 0 Å². The number of hydrogen-bond donors (Lipinski definition) is 0. The molecule has 0 unspecified atom stereocenters. The molecule has 4 nitrogen and oxygen atoms in total. The largest absolute Gasteiger partial charge is 0.308 e. The van der Waals surface area contributed by atoms with Crippen LogP contribution in [0.25, 0.3) is 104 Å². The lowest BCUT2D eigenvalue weighted by atomic mass is 9.99. The van der Waals surface area contributed by atoms with Gasteiger partial charge in [0, 0.05) is 47.6 Å². The quantitative estimate of drug-likeness (QED) is 0.170. The molecule has 0 fully saturated rings. The molecule has 0 aliphatic heterocycles. The summed E-state index contributed by atoms with van der Waals surface area (Å²) >= 11 is 1.84. The Morgan fingerprint density at radius 1 is 0.386 bits per heavy atom. The summed E-state index contributed by atoms with van der Waals surface area (Å²) in [5.74, 6) is 1.88. The zero-order chi connectivity index (χ0) is 37.9. The summed E-state index contributed by atoms with van der Waals surface area (Å²) in [5.41, 5.74) is 11.9. The third-order valence-corrected chi connectivity index (χ3v) is 12.2. The zero-order valence-electron chi connectivity index (χ0n) is 31.1. The molecule has 0 bridgehead atoms. The molecule has 0 atom stereocenters. The summed E-state index contributed by atoms with van der Waals surface area (Å²) in [6, 6.07) is 66.9. The van der Waals surface area contributed by atoms with Crippen LogP contribution >= 0.6 is 11.3 Å². The van der Waals surface area contributed by atoms with Crippen molar-refractivity contribution in [1.29, 1.82) is 0 Å². The second kappa shape index (κ2) is 13.5. The first-order valence-corrected chi connectivity index (χ1v) is 20.0. The summed E-state index contributed by atoms with van der Waals surface area (Å²) in [6.07, 6.45) is 0. The summed E-state index contributed by atoms with van der Waals surface area (Å²) in [4.78, 5) is 15.7. The van der Waals surface area contributed by atoms with Crippen LogP contribution < -0.4 is 0 Å². The lowest BCUT2D eigenvalue weighted by Gasteiger charge is -2.17. The van der Waals surface area contributed by atoms with Crippen LogP contribution in [-0.4, -0.2) is 19.5 Å². The van der Waals surface area contributed by atoms with E-state index in [0.717, 1.165) is 39.0 Å². The lowest BCUT2D eigenvalue weighted by molar-refractivity contribution is 1.06. The van der Waals surface area contributed by atoms with Gasteiger partial charge < -0.3 is 4.57 Å². The van der Waals surface area contributed by atoms with Crippen LogP contribution in [0.4, 0.5) is 0 Å². The predicted octanol–water partition coefficient (Wildman–Crippen LogP) is 14.0. The first kappa shape index (κ1) is 33.2. The van der Waals surface area contributed by atoms with Gasteiger partial charge in [-0.2, -0.15) is 0 Å². The minimum Gasteiger partial charge on any atom is -0.308 e. The highest BCUT2D eigenvalue weighted by Crippen LogP contribution is 2.43. The molecule has 0 N–H and O–H groups in total. The van der Waals surface area contributed by atoms with Crippen molar-refractivity contribution >= 4 is 53.3 Å². The minimum absolute atomic E-state index is 0.615. The molecule has 11 aromatic rings. The maximum Gasteiger partial charge on any atom is 0.166 e. The monoisotopic (exact) mass is 746 g/mol. The Balaban J connectivity index is 1.22. The lowest BCUT2D eigenvalue weighted by Crippen LogP contribution is -2.04. The van der Waals surface area contributed by atoms with Gasteiger partial charge in [0.25, 0.3) is 0 Å². The Morgan fingerprint density at radius 2 is 0.982 bits per heavy atom. The minimum atomic E-state index is 0.615.